The van der Waals surface area contributed by atoms with E-state index in [1.165, 1.54) is 10.5 Å². The molecule has 2 aromatic rings. The first kappa shape index (κ1) is 9.35. The summed E-state index contributed by atoms with van der Waals surface area (Å²) in [5.41, 5.74) is 1.42. The van der Waals surface area contributed by atoms with Crippen LogP contribution in [0.3, 0.4) is 0 Å². The van der Waals surface area contributed by atoms with Crippen molar-refractivity contribution in [3.63, 3.8) is 0 Å². The first-order valence-electron chi connectivity index (χ1n) is 4.69. The molecule has 0 unspecified atom stereocenters. The van der Waals surface area contributed by atoms with Crippen molar-refractivity contribution >= 4 is 11.8 Å². The minimum Gasteiger partial charge on any atom is -0.235 e. The quantitative estimate of drug-likeness (QED) is 0.715. The van der Waals surface area contributed by atoms with E-state index in [1.807, 2.05) is 12.1 Å². The second kappa shape index (κ2) is 4.87. The Morgan fingerprint density at radius 2 is 1.64 bits per heavy atom. The minimum atomic E-state index is 0.862. The van der Waals surface area contributed by atoms with E-state index in [-0.39, 0.29) is 0 Å². The van der Waals surface area contributed by atoms with Crippen LogP contribution in [0.15, 0.2) is 59.5 Å². The van der Waals surface area contributed by atoms with Crippen LogP contribution in [0.2, 0.25) is 0 Å². The highest BCUT2D eigenvalue weighted by molar-refractivity contribution is 7.98. The Kier molecular flexibility index (Phi) is 3.25. The van der Waals surface area contributed by atoms with Crippen LogP contribution < -0.4 is 0 Å². The van der Waals surface area contributed by atoms with Crippen LogP contribution in [-0.4, -0.2) is 0 Å². The van der Waals surface area contributed by atoms with E-state index in [2.05, 4.69) is 48.5 Å². The average Bonchev–Trinajstić information content (AvgIpc) is 2.29. The zero-order chi connectivity index (χ0) is 9.64. The molecule has 0 saturated heterocycles. The first-order valence-corrected chi connectivity index (χ1v) is 5.90. The van der Waals surface area contributed by atoms with Gasteiger partial charge in [0.05, 0.1) is 0 Å². The van der Waals surface area contributed by atoms with Crippen LogP contribution in [0.25, 0.3) is 0 Å². The molecule has 0 heterocycles. The molecule has 2 aromatic carbocycles. The highest BCUT2D eigenvalue weighted by Gasteiger charge is 1.91. The van der Waals surface area contributed by atoms with Gasteiger partial charge in [-0.2, -0.15) is 0 Å². The van der Waals surface area contributed by atoms with Crippen molar-refractivity contribution in [2.45, 2.75) is 10.6 Å². The fourth-order valence-electron chi connectivity index (χ4n) is 1.30. The van der Waals surface area contributed by atoms with Crippen molar-refractivity contribution in [2.24, 2.45) is 0 Å². The fourth-order valence-corrected chi connectivity index (χ4v) is 2.35. The second-order valence-electron chi connectivity index (χ2n) is 3.13. The van der Waals surface area contributed by atoms with Crippen molar-refractivity contribution in [1.29, 1.82) is 0 Å². The van der Waals surface area contributed by atoms with Gasteiger partial charge in [-0.25, -0.2) is 11.8 Å². The van der Waals surface area contributed by atoms with Crippen molar-refractivity contribution < 1.29 is 0 Å². The van der Waals surface area contributed by atoms with Gasteiger partial charge in [-0.05, 0) is 28.7 Å². The molecule has 1 radical (unpaired) electrons. The molecule has 71 valence electrons. The molecule has 0 aromatic heterocycles. The van der Waals surface area contributed by atoms with E-state index in [0.29, 0.717) is 0 Å². The van der Waals surface area contributed by atoms with Gasteiger partial charge in [0.25, 0.3) is 0 Å². The van der Waals surface area contributed by atoms with Crippen LogP contribution in [-0.2, 0) is 5.75 Å². The number of rotatable bonds is 3. The van der Waals surface area contributed by atoms with Gasteiger partial charge < -0.3 is 0 Å². The second-order valence-corrected chi connectivity index (χ2v) is 4.41. The van der Waals surface area contributed by atoms with Crippen molar-refractivity contribution in [2.75, 3.05) is 0 Å². The SMILES string of the molecule is [c]1ccc([SH2]Cc2ccccc2)cc1. The fraction of sp³-hybridized carbons (Fsp3) is 0.0769. The molecule has 0 aliphatic carbocycles. The Morgan fingerprint density at radius 3 is 2.36 bits per heavy atom. The molecule has 1 heteroatoms. The Morgan fingerprint density at radius 1 is 0.929 bits per heavy atom. The summed E-state index contributed by atoms with van der Waals surface area (Å²) in [6.45, 7) is 0. The van der Waals surface area contributed by atoms with E-state index in [4.69, 9.17) is 0 Å². The zero-order valence-electron chi connectivity index (χ0n) is 7.90. The predicted octanol–water partition coefficient (Wildman–Crippen LogP) is 3.24. The highest BCUT2D eigenvalue weighted by atomic mass is 32.2. The smallest absolute Gasteiger partial charge is 0.00132 e. The van der Waals surface area contributed by atoms with Crippen LogP contribution in [0.4, 0.5) is 0 Å². The Hall–Kier alpha value is -1.21. The van der Waals surface area contributed by atoms with E-state index in [1.54, 1.807) is 0 Å². The molecule has 0 saturated carbocycles. The predicted molar refractivity (Wildman–Crippen MR) is 64.1 cm³/mol. The molecule has 0 N–H and O–H groups in total. The van der Waals surface area contributed by atoms with E-state index < -0.39 is 0 Å². The molecule has 0 aliphatic heterocycles. The molecule has 0 spiro atoms. The minimum absolute atomic E-state index is 0.862. The lowest BCUT2D eigenvalue weighted by molar-refractivity contribution is 1.38. The maximum atomic E-state index is 3.04. The van der Waals surface area contributed by atoms with Crippen molar-refractivity contribution in [3.8, 4) is 0 Å². The molecule has 14 heavy (non-hydrogen) atoms. The maximum Gasteiger partial charge on any atom is 0.00132 e. The first-order chi connectivity index (χ1) is 6.95. The van der Waals surface area contributed by atoms with E-state index in [9.17, 15) is 0 Å². The zero-order valence-corrected chi connectivity index (χ0v) is 8.90. The van der Waals surface area contributed by atoms with Gasteiger partial charge in [0.2, 0.25) is 0 Å². The lowest BCUT2D eigenvalue weighted by atomic mass is 10.2. The van der Waals surface area contributed by atoms with Gasteiger partial charge >= 0.3 is 0 Å². The third-order valence-electron chi connectivity index (χ3n) is 2.06. The third-order valence-corrected chi connectivity index (χ3v) is 3.38. The normalized spacial score (nSPS) is 11.4. The summed E-state index contributed by atoms with van der Waals surface area (Å²) >= 11 is 0.862. The molecule has 0 atom stereocenters. The van der Waals surface area contributed by atoms with Gasteiger partial charge in [0.1, 0.15) is 0 Å². The van der Waals surface area contributed by atoms with Crippen LogP contribution >= 0.6 is 11.8 Å². The summed E-state index contributed by atoms with van der Waals surface area (Å²) in [6.07, 6.45) is 0. The number of hydrogen-bond donors (Lipinski definition) is 0. The molecule has 0 fully saturated rings. The van der Waals surface area contributed by atoms with Gasteiger partial charge in [0.15, 0.2) is 0 Å². The van der Waals surface area contributed by atoms with Gasteiger partial charge in [-0.1, -0.05) is 42.5 Å². The molecule has 0 bridgehead atoms. The Labute approximate surface area is 89.0 Å². The molecule has 0 nitrogen and oxygen atoms in total. The molecular formula is C13H13S. The molecular weight excluding hydrogens is 188 g/mol. The van der Waals surface area contributed by atoms with Crippen LogP contribution in [0, 0.1) is 6.07 Å². The third kappa shape index (κ3) is 2.64. The Bertz CT molecular complexity index is 327. The Balaban J connectivity index is 1.96. The highest BCUT2D eigenvalue weighted by Crippen LogP contribution is 2.21. The summed E-state index contributed by atoms with van der Waals surface area (Å²) in [5.74, 6) is 1.14. The lowest BCUT2D eigenvalue weighted by Crippen LogP contribution is -1.78. The van der Waals surface area contributed by atoms with Gasteiger partial charge in [-0.15, -0.1) is 0 Å². The summed E-state index contributed by atoms with van der Waals surface area (Å²) in [6, 6.07) is 21.9. The monoisotopic (exact) mass is 201 g/mol. The van der Waals surface area contributed by atoms with E-state index in [0.717, 1.165) is 17.5 Å². The topological polar surface area (TPSA) is 0 Å². The summed E-state index contributed by atoms with van der Waals surface area (Å²) in [4.78, 5) is 1.41. The van der Waals surface area contributed by atoms with Crippen LogP contribution in [0.5, 0.6) is 0 Å². The standard InChI is InChI=1S/C13H13S/c1-3-7-12(8-4-1)11-14-13-9-5-2-6-10-13/h1,3-10H,11,14H2. The maximum absolute atomic E-state index is 3.04. The summed E-state index contributed by atoms with van der Waals surface area (Å²) in [7, 11) is 0. The lowest BCUT2D eigenvalue weighted by Gasteiger charge is -2.03. The molecule has 2 rings (SSSR count). The van der Waals surface area contributed by atoms with E-state index >= 15 is 0 Å². The molecule has 0 aliphatic rings. The summed E-state index contributed by atoms with van der Waals surface area (Å²) < 4.78 is 0. The average molecular weight is 201 g/mol. The number of hydrogen-bond acceptors (Lipinski definition) is 0. The largest absolute Gasteiger partial charge is 0.235 e. The van der Waals surface area contributed by atoms with Crippen molar-refractivity contribution in [1.82, 2.24) is 0 Å². The van der Waals surface area contributed by atoms with Gasteiger partial charge in [0, 0.05) is 5.75 Å². The van der Waals surface area contributed by atoms with Crippen LogP contribution in [0.1, 0.15) is 5.56 Å². The molecule has 0 amide bonds. The van der Waals surface area contributed by atoms with Gasteiger partial charge in [-0.3, -0.25) is 0 Å². The summed E-state index contributed by atoms with van der Waals surface area (Å²) in [5, 5.41) is 0. The van der Waals surface area contributed by atoms with Crippen molar-refractivity contribution in [3.05, 3.63) is 66.2 Å². The number of benzene rings is 2.